The van der Waals surface area contributed by atoms with E-state index in [0.29, 0.717) is 34.3 Å². The van der Waals surface area contributed by atoms with E-state index in [4.69, 9.17) is 4.74 Å². The van der Waals surface area contributed by atoms with Crippen molar-refractivity contribution in [2.24, 2.45) is 0 Å². The van der Waals surface area contributed by atoms with Crippen molar-refractivity contribution in [3.63, 3.8) is 0 Å². The summed E-state index contributed by atoms with van der Waals surface area (Å²) in [5.41, 5.74) is 3.09. The Morgan fingerprint density at radius 3 is 2.17 bits per heavy atom. The van der Waals surface area contributed by atoms with E-state index in [1.807, 2.05) is 36.4 Å². The van der Waals surface area contributed by atoms with E-state index in [1.54, 1.807) is 0 Å². The third-order valence-electron chi connectivity index (χ3n) is 7.64. The Hall–Kier alpha value is -3.02. The Labute approximate surface area is 254 Å². The average Bonchev–Trinajstić information content (AvgIpc) is 2.93. The second kappa shape index (κ2) is 11.6. The zero-order valence-corrected chi connectivity index (χ0v) is 26.5. The molecular weight excluding hydrogens is 640 g/mol. The molecule has 0 bridgehead atoms. The lowest BCUT2D eigenvalue weighted by molar-refractivity contribution is 0.468. The van der Waals surface area contributed by atoms with Crippen LogP contribution < -0.4 is 15.2 Å². The molecule has 0 aliphatic carbocycles. The average molecular weight is 672 g/mol. The van der Waals surface area contributed by atoms with Crippen molar-refractivity contribution in [2.75, 3.05) is 0 Å². The number of halogens is 1. The van der Waals surface area contributed by atoms with Crippen molar-refractivity contribution in [3.8, 4) is 11.5 Å². The van der Waals surface area contributed by atoms with Crippen molar-refractivity contribution in [1.82, 2.24) is 0 Å². The predicted molar refractivity (Wildman–Crippen MR) is 168 cm³/mol. The Balaban J connectivity index is 2.00. The molecule has 10 heteroatoms. The fourth-order valence-electron chi connectivity index (χ4n) is 5.53. The molecule has 4 aromatic rings. The second-order valence-electron chi connectivity index (χ2n) is 10.5. The van der Waals surface area contributed by atoms with Crippen LogP contribution in [0.25, 0.3) is 22.9 Å². The first-order valence-corrected chi connectivity index (χ1v) is 17.4. The summed E-state index contributed by atoms with van der Waals surface area (Å²) in [6, 6.07) is 14.7. The zero-order chi connectivity index (χ0) is 30.4. The standard InChI is InChI=1S/C32H31BrO7S2/c1-4-6-8-20-17-28-30(26-15-12-23(41(34,35)36)18-29(26)42(37,38)39)27-13-10-21-16-22(33)11-14-25(21)32(27)40-31(28)24(19(20)3)9-7-5-2/h10-18H,3-9H2,1-2H3,(H,34,35,36)(H,37,38,39). The van der Waals surface area contributed by atoms with Gasteiger partial charge in [-0.3, -0.25) is 9.11 Å². The molecule has 4 aromatic carbocycles. The van der Waals surface area contributed by atoms with Gasteiger partial charge >= 0.3 is 0 Å². The van der Waals surface area contributed by atoms with Crippen molar-refractivity contribution >= 4 is 59.1 Å². The largest absolute Gasteiger partial charge is 0.455 e. The first-order valence-electron chi connectivity index (χ1n) is 13.7. The number of hydrogen-bond donors (Lipinski definition) is 2. The molecule has 1 aliphatic heterocycles. The summed E-state index contributed by atoms with van der Waals surface area (Å²) < 4.78 is 76.9. The number of hydrogen-bond acceptors (Lipinski definition) is 5. The van der Waals surface area contributed by atoms with Crippen LogP contribution in [0.4, 0.5) is 0 Å². The van der Waals surface area contributed by atoms with Crippen molar-refractivity contribution in [3.05, 3.63) is 91.8 Å². The highest BCUT2D eigenvalue weighted by Crippen LogP contribution is 2.44. The van der Waals surface area contributed by atoms with E-state index in [2.05, 4.69) is 36.4 Å². The van der Waals surface area contributed by atoms with Gasteiger partial charge in [0.15, 0.2) is 0 Å². The molecule has 0 amide bonds. The quantitative estimate of drug-likeness (QED) is 0.171. The van der Waals surface area contributed by atoms with Crippen molar-refractivity contribution in [1.29, 1.82) is 0 Å². The highest BCUT2D eigenvalue weighted by atomic mass is 79.9. The van der Waals surface area contributed by atoms with E-state index >= 15 is 0 Å². The molecule has 0 radical (unpaired) electrons. The summed E-state index contributed by atoms with van der Waals surface area (Å²) in [4.78, 5) is -1.28. The molecular formula is C32H31BrO7S2. The number of fused-ring (bicyclic) bond motifs is 4. The summed E-state index contributed by atoms with van der Waals surface area (Å²) >= 11 is 3.52. The Kier molecular flexibility index (Phi) is 8.39. The Morgan fingerprint density at radius 1 is 0.810 bits per heavy atom. The van der Waals surface area contributed by atoms with Crippen LogP contribution in [0.5, 0.6) is 11.5 Å². The van der Waals surface area contributed by atoms with Gasteiger partial charge in [-0.1, -0.05) is 61.3 Å². The third kappa shape index (κ3) is 5.66. The van der Waals surface area contributed by atoms with E-state index in [0.717, 1.165) is 75.8 Å². The highest BCUT2D eigenvalue weighted by Gasteiger charge is 2.30. The van der Waals surface area contributed by atoms with Gasteiger partial charge in [0.2, 0.25) is 0 Å². The fourth-order valence-corrected chi connectivity index (χ4v) is 7.21. The lowest BCUT2D eigenvalue weighted by Crippen LogP contribution is -2.27. The minimum absolute atomic E-state index is 0.0897. The predicted octanol–water partition coefficient (Wildman–Crippen LogP) is 6.54. The smallest absolute Gasteiger partial charge is 0.295 e. The van der Waals surface area contributed by atoms with E-state index in [-0.39, 0.29) is 5.56 Å². The number of ether oxygens (including phenoxy) is 1. The van der Waals surface area contributed by atoms with Crippen LogP contribution >= 0.6 is 15.9 Å². The first kappa shape index (κ1) is 30.4. The maximum Gasteiger partial charge on any atom is 0.295 e. The van der Waals surface area contributed by atoms with Crippen LogP contribution in [0.15, 0.2) is 68.9 Å². The molecule has 0 fully saturated rings. The van der Waals surface area contributed by atoms with Gasteiger partial charge in [-0.15, -0.1) is 0 Å². The Bertz CT molecular complexity index is 2070. The molecule has 0 saturated carbocycles. The summed E-state index contributed by atoms with van der Waals surface area (Å²) in [6.07, 6.45) is 5.20. The van der Waals surface area contributed by atoms with Crippen LogP contribution in [0.2, 0.25) is 0 Å². The molecule has 0 atom stereocenters. The first-order chi connectivity index (χ1) is 19.8. The van der Waals surface area contributed by atoms with Gasteiger partial charge in [0.05, 0.1) is 4.90 Å². The topological polar surface area (TPSA) is 118 Å². The Morgan fingerprint density at radius 2 is 1.50 bits per heavy atom. The number of benzene rings is 4. The van der Waals surface area contributed by atoms with Gasteiger partial charge in [0.1, 0.15) is 16.4 Å². The summed E-state index contributed by atoms with van der Waals surface area (Å²) in [6.45, 7) is 8.64. The van der Waals surface area contributed by atoms with Crippen LogP contribution in [-0.2, 0) is 33.1 Å². The van der Waals surface area contributed by atoms with Crippen molar-refractivity contribution in [2.45, 2.75) is 62.2 Å². The number of aryl methyl sites for hydroxylation is 1. The van der Waals surface area contributed by atoms with Crippen LogP contribution in [0.3, 0.4) is 0 Å². The molecule has 0 saturated heterocycles. The molecule has 0 spiro atoms. The minimum Gasteiger partial charge on any atom is -0.455 e. The van der Waals surface area contributed by atoms with Gasteiger partial charge in [-0.25, -0.2) is 0 Å². The highest BCUT2D eigenvalue weighted by molar-refractivity contribution is 9.10. The summed E-state index contributed by atoms with van der Waals surface area (Å²) in [7, 11) is -9.68. The monoisotopic (exact) mass is 670 g/mol. The van der Waals surface area contributed by atoms with Crippen LogP contribution in [0, 0.1) is 0 Å². The molecule has 7 nitrogen and oxygen atoms in total. The minimum atomic E-state index is -4.93. The third-order valence-corrected chi connectivity index (χ3v) is 9.88. The van der Waals surface area contributed by atoms with Crippen LogP contribution in [0.1, 0.15) is 61.8 Å². The van der Waals surface area contributed by atoms with Gasteiger partial charge in [-0.05, 0) is 84.3 Å². The van der Waals surface area contributed by atoms with Gasteiger partial charge in [0.25, 0.3) is 20.2 Å². The fraction of sp³-hybridized carbons (Fsp3) is 0.250. The summed E-state index contributed by atoms with van der Waals surface area (Å²) in [5.74, 6) is 1.08. The normalized spacial score (nSPS) is 13.1. The summed E-state index contributed by atoms with van der Waals surface area (Å²) in [5, 5.41) is 3.21. The van der Waals surface area contributed by atoms with E-state index in [9.17, 15) is 25.9 Å². The number of unbranched alkanes of at least 4 members (excludes halogenated alkanes) is 2. The second-order valence-corrected chi connectivity index (χ2v) is 14.2. The van der Waals surface area contributed by atoms with E-state index in [1.165, 1.54) is 6.07 Å². The van der Waals surface area contributed by atoms with E-state index < -0.39 is 30.0 Å². The molecule has 220 valence electrons. The lowest BCUT2D eigenvalue weighted by atomic mass is 9.87. The van der Waals surface area contributed by atoms with Crippen molar-refractivity contribution < 1.29 is 30.7 Å². The molecule has 42 heavy (non-hydrogen) atoms. The number of rotatable bonds is 9. The zero-order valence-electron chi connectivity index (χ0n) is 23.3. The molecule has 2 N–H and O–H groups in total. The molecule has 0 aromatic heterocycles. The van der Waals surface area contributed by atoms with Gasteiger partial charge in [-0.2, -0.15) is 16.8 Å². The van der Waals surface area contributed by atoms with Gasteiger partial charge in [0, 0.05) is 37.3 Å². The lowest BCUT2D eigenvalue weighted by Gasteiger charge is -2.26. The maximum atomic E-state index is 12.7. The SMILES string of the molecule is C=c1c(CCCC)cc2c(c1CCCC)Oc1c(ccc3cc(Br)ccc13)C=2c1ccc(S(=O)(=O)O)cc1S(=O)(=O)O. The maximum absolute atomic E-state index is 12.7. The van der Waals surface area contributed by atoms with Crippen LogP contribution in [-0.4, -0.2) is 25.9 Å². The molecule has 1 aliphatic rings. The molecule has 1 heterocycles. The molecule has 0 unspecified atom stereocenters. The van der Waals surface area contributed by atoms with Gasteiger partial charge < -0.3 is 4.74 Å². The molecule has 5 rings (SSSR count).